The maximum Gasteiger partial charge on any atom is 0.364 e. The van der Waals surface area contributed by atoms with Crippen LogP contribution in [0.3, 0.4) is 0 Å². The molecule has 1 heterocycles. The molecule has 1 aliphatic heterocycles. The molecule has 4 heteroatoms. The lowest BCUT2D eigenvalue weighted by atomic mass is 10.3. The largest absolute Gasteiger partial charge is 0.477 e. The summed E-state index contributed by atoms with van der Waals surface area (Å²) in [7, 11) is 0. The third-order valence-corrected chi connectivity index (χ3v) is 1.41. The van der Waals surface area contributed by atoms with Gasteiger partial charge in [-0.25, -0.2) is 4.79 Å². The van der Waals surface area contributed by atoms with Crippen molar-refractivity contribution in [1.82, 2.24) is 0 Å². The third-order valence-electron chi connectivity index (χ3n) is 1.41. The second-order valence-corrected chi connectivity index (χ2v) is 2.49. The molecule has 0 aromatic heterocycles. The van der Waals surface area contributed by atoms with Gasteiger partial charge in [0.05, 0.1) is 12.7 Å². The molecule has 0 radical (unpaired) electrons. The molecule has 0 amide bonds. The number of carbonyl (C=O) groups is 1. The fraction of sp³-hybridized carbons (Fsp3) is 0.833. The van der Waals surface area contributed by atoms with Crippen molar-refractivity contribution in [3.05, 3.63) is 0 Å². The van der Waals surface area contributed by atoms with Crippen LogP contribution in [-0.2, 0) is 14.3 Å². The molecule has 0 spiro atoms. The van der Waals surface area contributed by atoms with Crippen LogP contribution in [-0.4, -0.2) is 29.6 Å². The normalized spacial score (nSPS) is 40.0. The van der Waals surface area contributed by atoms with Gasteiger partial charge in [-0.3, -0.25) is 0 Å². The molecule has 0 aromatic carbocycles. The number of hydrogen-bond donors (Lipinski definition) is 1. The molecule has 0 aliphatic carbocycles. The van der Waals surface area contributed by atoms with Gasteiger partial charge in [0.2, 0.25) is 0 Å². The van der Waals surface area contributed by atoms with Gasteiger partial charge in [0.15, 0.2) is 0 Å². The molecule has 0 aromatic rings. The first-order valence-corrected chi connectivity index (χ1v) is 3.10. The van der Waals surface area contributed by atoms with Crippen LogP contribution in [0.25, 0.3) is 0 Å². The van der Waals surface area contributed by atoms with E-state index in [1.807, 2.05) is 0 Å². The highest BCUT2D eigenvalue weighted by Crippen LogP contribution is 2.22. The number of rotatable bonds is 1. The Morgan fingerprint density at radius 1 is 1.80 bits per heavy atom. The second kappa shape index (κ2) is 2.21. The first-order chi connectivity index (χ1) is 4.54. The maximum atomic E-state index is 10.4. The van der Waals surface area contributed by atoms with Crippen LogP contribution in [0, 0.1) is 0 Å². The molecule has 2 atom stereocenters. The van der Waals surface area contributed by atoms with Crippen molar-refractivity contribution in [2.24, 2.45) is 0 Å². The van der Waals surface area contributed by atoms with Crippen molar-refractivity contribution in [2.75, 3.05) is 6.61 Å². The molecule has 2 unspecified atom stereocenters. The van der Waals surface area contributed by atoms with E-state index in [1.54, 1.807) is 6.92 Å². The molecule has 10 heavy (non-hydrogen) atoms. The zero-order valence-electron chi connectivity index (χ0n) is 5.96. The minimum atomic E-state index is -1.42. The lowest BCUT2D eigenvalue weighted by Gasteiger charge is -2.16. The van der Waals surface area contributed by atoms with Crippen LogP contribution in [0.15, 0.2) is 0 Å². The van der Waals surface area contributed by atoms with Crippen LogP contribution in [0.5, 0.6) is 0 Å². The molecule has 1 N–H and O–H groups in total. The highest BCUT2D eigenvalue weighted by molar-refractivity contribution is 5.75. The molecule has 58 valence electrons. The average Bonchev–Trinajstić information content (AvgIpc) is 2.13. The molecule has 0 bridgehead atoms. The predicted octanol–water partition coefficient (Wildman–Crippen LogP) is 0.222. The Balaban J connectivity index is 2.63. The Kier molecular flexibility index (Phi) is 1.66. The minimum Gasteiger partial charge on any atom is -0.477 e. The highest BCUT2D eigenvalue weighted by atomic mass is 16.8. The molecule has 0 saturated carbocycles. The Morgan fingerprint density at radius 3 is 2.60 bits per heavy atom. The molecule has 1 rings (SSSR count). The number of carboxylic acids is 1. The lowest BCUT2D eigenvalue weighted by Crippen LogP contribution is -2.36. The standard InChI is InChI=1S/C6H10O4/c1-4-3-9-6(2,10-4)5(7)8/h4H,3H2,1-2H3,(H,7,8). The number of hydrogen-bond acceptors (Lipinski definition) is 3. The van der Waals surface area contributed by atoms with Crippen LogP contribution in [0.2, 0.25) is 0 Å². The summed E-state index contributed by atoms with van der Waals surface area (Å²) in [6, 6.07) is 0. The fourth-order valence-electron chi connectivity index (χ4n) is 0.840. The average molecular weight is 146 g/mol. The smallest absolute Gasteiger partial charge is 0.364 e. The van der Waals surface area contributed by atoms with E-state index in [-0.39, 0.29) is 6.10 Å². The monoisotopic (exact) mass is 146 g/mol. The molecule has 1 fully saturated rings. The van der Waals surface area contributed by atoms with E-state index in [4.69, 9.17) is 14.6 Å². The van der Waals surface area contributed by atoms with Gasteiger partial charge in [-0.2, -0.15) is 0 Å². The van der Waals surface area contributed by atoms with E-state index < -0.39 is 11.8 Å². The van der Waals surface area contributed by atoms with E-state index in [2.05, 4.69) is 0 Å². The van der Waals surface area contributed by atoms with E-state index in [1.165, 1.54) is 6.92 Å². The van der Waals surface area contributed by atoms with Crippen LogP contribution in [0.4, 0.5) is 0 Å². The highest BCUT2D eigenvalue weighted by Gasteiger charge is 2.42. The fourth-order valence-corrected chi connectivity index (χ4v) is 0.840. The topological polar surface area (TPSA) is 55.8 Å². The molecule has 4 nitrogen and oxygen atoms in total. The first-order valence-electron chi connectivity index (χ1n) is 3.10. The zero-order valence-corrected chi connectivity index (χ0v) is 5.96. The summed E-state index contributed by atoms with van der Waals surface area (Å²) in [5.74, 6) is -2.49. The summed E-state index contributed by atoms with van der Waals surface area (Å²) >= 11 is 0. The number of aliphatic carboxylic acids is 1. The van der Waals surface area contributed by atoms with Gasteiger partial charge in [-0.05, 0) is 6.92 Å². The molecule has 1 saturated heterocycles. The lowest BCUT2D eigenvalue weighted by molar-refractivity contribution is -0.198. The van der Waals surface area contributed by atoms with E-state index in [9.17, 15) is 4.79 Å². The van der Waals surface area contributed by atoms with Crippen molar-refractivity contribution in [1.29, 1.82) is 0 Å². The maximum absolute atomic E-state index is 10.4. The van der Waals surface area contributed by atoms with Crippen LogP contribution >= 0.6 is 0 Å². The number of carboxylic acid groups (broad SMARTS) is 1. The van der Waals surface area contributed by atoms with Gasteiger partial charge in [-0.15, -0.1) is 0 Å². The van der Waals surface area contributed by atoms with Gasteiger partial charge in [0.1, 0.15) is 0 Å². The summed E-state index contributed by atoms with van der Waals surface area (Å²) in [5, 5.41) is 8.54. The Morgan fingerprint density at radius 2 is 2.40 bits per heavy atom. The van der Waals surface area contributed by atoms with Crippen molar-refractivity contribution in [3.8, 4) is 0 Å². The zero-order chi connectivity index (χ0) is 7.78. The Labute approximate surface area is 58.7 Å². The second-order valence-electron chi connectivity index (χ2n) is 2.49. The van der Waals surface area contributed by atoms with E-state index in [0.717, 1.165) is 0 Å². The minimum absolute atomic E-state index is 0.124. The number of ether oxygens (including phenoxy) is 2. The quantitative estimate of drug-likeness (QED) is 0.575. The van der Waals surface area contributed by atoms with Crippen molar-refractivity contribution < 1.29 is 19.4 Å². The summed E-state index contributed by atoms with van der Waals surface area (Å²) in [4.78, 5) is 10.4. The van der Waals surface area contributed by atoms with Crippen LogP contribution < -0.4 is 0 Å². The van der Waals surface area contributed by atoms with Gasteiger partial charge in [-0.1, -0.05) is 0 Å². The van der Waals surface area contributed by atoms with Crippen molar-refractivity contribution >= 4 is 5.97 Å². The summed E-state index contributed by atoms with van der Waals surface area (Å²) in [5.41, 5.74) is 0. The van der Waals surface area contributed by atoms with E-state index >= 15 is 0 Å². The van der Waals surface area contributed by atoms with Gasteiger partial charge in [0.25, 0.3) is 5.79 Å². The molecular formula is C6H10O4. The van der Waals surface area contributed by atoms with Gasteiger partial charge >= 0.3 is 5.97 Å². The third kappa shape index (κ3) is 1.12. The van der Waals surface area contributed by atoms with Crippen LogP contribution in [0.1, 0.15) is 13.8 Å². The summed E-state index contributed by atoms with van der Waals surface area (Å²) in [6.45, 7) is 3.52. The first kappa shape index (κ1) is 7.50. The predicted molar refractivity (Wildman–Crippen MR) is 32.5 cm³/mol. The SMILES string of the molecule is CC1COC(C)(C(=O)O)O1. The summed E-state index contributed by atoms with van der Waals surface area (Å²) in [6.07, 6.45) is -0.124. The Bertz CT molecular complexity index is 156. The Hall–Kier alpha value is -0.610. The molecule has 1 aliphatic rings. The summed E-state index contributed by atoms with van der Waals surface area (Å²) < 4.78 is 9.88. The van der Waals surface area contributed by atoms with Crippen molar-refractivity contribution in [2.45, 2.75) is 25.7 Å². The molecular weight excluding hydrogens is 136 g/mol. The van der Waals surface area contributed by atoms with Gasteiger partial charge in [0, 0.05) is 6.92 Å². The van der Waals surface area contributed by atoms with E-state index in [0.29, 0.717) is 6.61 Å². The van der Waals surface area contributed by atoms with Crippen molar-refractivity contribution in [3.63, 3.8) is 0 Å². The van der Waals surface area contributed by atoms with Gasteiger partial charge < -0.3 is 14.6 Å².